The summed E-state index contributed by atoms with van der Waals surface area (Å²) in [6, 6.07) is 12.3. The molecule has 1 N–H and O–H groups in total. The molecule has 0 radical (unpaired) electrons. The van der Waals surface area contributed by atoms with Gasteiger partial charge in [-0.2, -0.15) is 0 Å². The van der Waals surface area contributed by atoms with E-state index in [1.165, 1.54) is 39.5 Å². The number of rotatable bonds is 8. The van der Waals surface area contributed by atoms with Crippen LogP contribution in [0.15, 0.2) is 58.6 Å². The van der Waals surface area contributed by atoms with Crippen molar-refractivity contribution in [2.75, 3.05) is 26.2 Å². The van der Waals surface area contributed by atoms with Gasteiger partial charge in [-0.15, -0.1) is 0 Å². The Labute approximate surface area is 242 Å². The first-order chi connectivity index (χ1) is 18.7. The monoisotopic (exact) mass is 634 g/mol. The van der Waals surface area contributed by atoms with Crippen molar-refractivity contribution in [1.29, 1.82) is 0 Å². The summed E-state index contributed by atoms with van der Waals surface area (Å²) in [5, 5.41) is 2.95. The molecular weight excluding hydrogens is 615 g/mol. The molecule has 39 heavy (non-hydrogen) atoms. The van der Waals surface area contributed by atoms with Gasteiger partial charge in [0.2, 0.25) is 0 Å². The minimum absolute atomic E-state index is 0.0433. The molecule has 9 nitrogen and oxygen atoms in total. The lowest BCUT2D eigenvalue weighted by Crippen LogP contribution is -2.54. The smallest absolute Gasteiger partial charge is 0.336 e. The molecule has 0 unspecified atom stereocenters. The van der Waals surface area contributed by atoms with Gasteiger partial charge in [-0.1, -0.05) is 41.4 Å². The quantitative estimate of drug-likeness (QED) is 0.238. The molecule has 3 aromatic rings. The van der Waals surface area contributed by atoms with Crippen molar-refractivity contribution in [2.24, 2.45) is 0 Å². The molecule has 1 aliphatic heterocycles. The van der Waals surface area contributed by atoms with Gasteiger partial charge >= 0.3 is 6.03 Å². The third-order valence-electron chi connectivity index (χ3n) is 5.69. The van der Waals surface area contributed by atoms with Crippen LogP contribution in [0.25, 0.3) is 6.08 Å². The molecule has 0 saturated carbocycles. The first-order valence-electron chi connectivity index (χ1n) is 11.2. The molecule has 0 atom stereocenters. The van der Waals surface area contributed by atoms with Crippen LogP contribution in [0.3, 0.4) is 0 Å². The summed E-state index contributed by atoms with van der Waals surface area (Å²) in [7, 11) is 4.20. The fourth-order valence-electron chi connectivity index (χ4n) is 3.79. The average molecular weight is 636 g/mol. The Morgan fingerprint density at radius 2 is 1.59 bits per heavy atom. The Hall–Kier alpha value is -3.73. The van der Waals surface area contributed by atoms with Gasteiger partial charge in [0.05, 0.1) is 36.5 Å². The predicted molar refractivity (Wildman–Crippen MR) is 150 cm³/mol. The van der Waals surface area contributed by atoms with E-state index in [2.05, 4.69) is 21.2 Å². The van der Waals surface area contributed by atoms with Gasteiger partial charge < -0.3 is 18.9 Å². The second-order valence-corrected chi connectivity index (χ2v) is 9.70. The summed E-state index contributed by atoms with van der Waals surface area (Å²) in [5.41, 5.74) is 0.950. The number of carbonyl (C=O) groups excluding carboxylic acids is 3. The van der Waals surface area contributed by atoms with E-state index in [9.17, 15) is 14.4 Å². The highest BCUT2D eigenvalue weighted by Gasteiger charge is 2.38. The van der Waals surface area contributed by atoms with Gasteiger partial charge in [0.15, 0.2) is 11.5 Å². The second-order valence-electron chi connectivity index (χ2n) is 8.03. The van der Waals surface area contributed by atoms with Crippen LogP contribution in [0.1, 0.15) is 11.1 Å². The maximum atomic E-state index is 13.5. The molecule has 1 heterocycles. The number of benzene rings is 3. The lowest BCUT2D eigenvalue weighted by Gasteiger charge is -2.28. The van der Waals surface area contributed by atoms with E-state index in [0.717, 1.165) is 10.5 Å². The predicted octanol–water partition coefficient (Wildman–Crippen LogP) is 6.03. The zero-order valence-corrected chi connectivity index (χ0v) is 23.9. The Morgan fingerprint density at radius 3 is 2.26 bits per heavy atom. The number of amides is 4. The van der Waals surface area contributed by atoms with E-state index in [-0.39, 0.29) is 34.4 Å². The minimum Gasteiger partial charge on any atom is -0.495 e. The van der Waals surface area contributed by atoms with Gasteiger partial charge in [0.25, 0.3) is 11.8 Å². The molecule has 0 aliphatic carbocycles. The van der Waals surface area contributed by atoms with E-state index in [4.69, 9.17) is 42.1 Å². The van der Waals surface area contributed by atoms with Gasteiger partial charge in [0, 0.05) is 22.7 Å². The van der Waals surface area contributed by atoms with Crippen LogP contribution in [0.5, 0.6) is 23.0 Å². The number of methoxy groups -OCH3 is 3. The molecular formula is C27H21BrCl2N2O7. The van der Waals surface area contributed by atoms with E-state index in [0.29, 0.717) is 26.6 Å². The fourth-order valence-corrected chi connectivity index (χ4v) is 4.79. The number of imide groups is 2. The number of halogens is 3. The van der Waals surface area contributed by atoms with Crippen molar-refractivity contribution in [2.45, 2.75) is 6.61 Å². The zero-order valence-electron chi connectivity index (χ0n) is 20.8. The third kappa shape index (κ3) is 5.83. The molecule has 202 valence electrons. The summed E-state index contributed by atoms with van der Waals surface area (Å²) in [6.07, 6.45) is 1.34. The second kappa shape index (κ2) is 12.0. The number of carbonyl (C=O) groups is 3. The number of nitrogens with zero attached hydrogens (tertiary/aromatic N) is 1. The number of hydrogen-bond acceptors (Lipinski definition) is 7. The van der Waals surface area contributed by atoms with Crippen LogP contribution in [0, 0.1) is 0 Å². The molecule has 4 amide bonds. The minimum atomic E-state index is -0.952. The number of hydrogen-bond donors (Lipinski definition) is 1. The van der Waals surface area contributed by atoms with Gasteiger partial charge in [-0.05, 0) is 45.8 Å². The molecule has 12 heteroatoms. The van der Waals surface area contributed by atoms with Crippen molar-refractivity contribution >= 4 is 68.7 Å². The molecule has 0 spiro atoms. The number of nitrogens with one attached hydrogen (secondary N) is 1. The fraction of sp³-hybridized carbons (Fsp3) is 0.148. The summed E-state index contributed by atoms with van der Waals surface area (Å²) >= 11 is 15.9. The largest absolute Gasteiger partial charge is 0.495 e. The Balaban J connectivity index is 1.70. The number of urea groups is 1. The number of ether oxygens (including phenoxy) is 4. The molecule has 0 bridgehead atoms. The Kier molecular flexibility index (Phi) is 8.69. The van der Waals surface area contributed by atoms with Crippen molar-refractivity contribution < 1.29 is 33.3 Å². The van der Waals surface area contributed by atoms with Crippen LogP contribution in [-0.4, -0.2) is 39.2 Å². The highest BCUT2D eigenvalue weighted by molar-refractivity contribution is 9.10. The Morgan fingerprint density at radius 1 is 0.897 bits per heavy atom. The highest BCUT2D eigenvalue weighted by Crippen LogP contribution is 2.40. The molecule has 1 aliphatic rings. The Bertz CT molecular complexity index is 1510. The lowest BCUT2D eigenvalue weighted by molar-refractivity contribution is -0.122. The topological polar surface area (TPSA) is 103 Å². The SMILES string of the molecule is COc1cc(N2C(=O)NC(=O)/C(=C\c3cc(Br)c(OCc4ccccc4Cl)c(OC)c3)C2=O)c(OC)cc1Cl. The molecule has 3 aromatic carbocycles. The molecule has 4 rings (SSSR count). The lowest BCUT2D eigenvalue weighted by atomic mass is 10.1. The first kappa shape index (κ1) is 28.3. The van der Waals surface area contributed by atoms with Crippen molar-refractivity contribution in [3.63, 3.8) is 0 Å². The summed E-state index contributed by atoms with van der Waals surface area (Å²) in [5.74, 6) is -0.674. The molecule has 1 fully saturated rings. The maximum Gasteiger partial charge on any atom is 0.336 e. The van der Waals surface area contributed by atoms with Gasteiger partial charge in [0.1, 0.15) is 23.7 Å². The summed E-state index contributed by atoms with van der Waals surface area (Å²) in [6.45, 7) is 0.180. The van der Waals surface area contributed by atoms with Gasteiger partial charge in [-0.3, -0.25) is 14.9 Å². The summed E-state index contributed by atoms with van der Waals surface area (Å²) < 4.78 is 22.5. The van der Waals surface area contributed by atoms with E-state index in [1.807, 2.05) is 18.2 Å². The first-order valence-corrected chi connectivity index (χ1v) is 12.8. The standard InChI is InChI=1S/C27H21BrCl2N2O7/c1-36-21-12-20(22(37-2)11-19(21)30)32-26(34)16(25(33)31-27(32)35)8-14-9-17(28)24(23(10-14)38-3)39-13-15-6-4-5-7-18(15)29/h4-12H,13H2,1-3H3,(H,31,33,35)/b16-8+. The summed E-state index contributed by atoms with van der Waals surface area (Å²) in [4.78, 5) is 39.7. The third-order valence-corrected chi connectivity index (χ3v) is 6.94. The van der Waals surface area contributed by atoms with Crippen LogP contribution in [0.2, 0.25) is 10.0 Å². The number of barbiturate groups is 1. The molecule has 1 saturated heterocycles. The van der Waals surface area contributed by atoms with E-state index in [1.54, 1.807) is 18.2 Å². The van der Waals surface area contributed by atoms with Crippen molar-refractivity contribution in [3.05, 3.63) is 79.7 Å². The van der Waals surface area contributed by atoms with Crippen LogP contribution in [0.4, 0.5) is 10.5 Å². The van der Waals surface area contributed by atoms with Crippen LogP contribution >= 0.6 is 39.1 Å². The van der Waals surface area contributed by atoms with Gasteiger partial charge in [-0.25, -0.2) is 9.69 Å². The maximum absolute atomic E-state index is 13.5. The van der Waals surface area contributed by atoms with E-state index < -0.39 is 17.8 Å². The van der Waals surface area contributed by atoms with Crippen LogP contribution < -0.4 is 29.2 Å². The van der Waals surface area contributed by atoms with Crippen molar-refractivity contribution in [3.8, 4) is 23.0 Å². The average Bonchev–Trinajstić information content (AvgIpc) is 2.91. The van der Waals surface area contributed by atoms with Crippen molar-refractivity contribution in [1.82, 2.24) is 5.32 Å². The van der Waals surface area contributed by atoms with Crippen LogP contribution in [-0.2, 0) is 16.2 Å². The van der Waals surface area contributed by atoms with E-state index >= 15 is 0 Å². The number of anilines is 1. The molecule has 0 aromatic heterocycles. The highest BCUT2D eigenvalue weighted by atomic mass is 79.9. The normalized spacial score (nSPS) is 14.4. The zero-order chi connectivity index (χ0) is 28.3.